The summed E-state index contributed by atoms with van der Waals surface area (Å²) in [6, 6.07) is 3.14. The summed E-state index contributed by atoms with van der Waals surface area (Å²) in [7, 11) is 0. The fraction of sp³-hybridized carbons (Fsp3) is 0.417. The lowest BCUT2D eigenvalue weighted by Crippen LogP contribution is -2.55. The van der Waals surface area contributed by atoms with Gasteiger partial charge in [-0.1, -0.05) is 6.07 Å². The van der Waals surface area contributed by atoms with Crippen molar-refractivity contribution >= 4 is 11.9 Å². The summed E-state index contributed by atoms with van der Waals surface area (Å²) < 4.78 is 0. The number of hydrogen-bond acceptors (Lipinski definition) is 4. The Labute approximate surface area is 105 Å². The SMILES string of the molecule is O=C(O)C[C@H]1C(=O)NCCN1Cc1cccnc1. The molecular weight excluding hydrogens is 234 g/mol. The molecule has 96 valence electrons. The van der Waals surface area contributed by atoms with Crippen LogP contribution in [0.2, 0.25) is 0 Å². The lowest BCUT2D eigenvalue weighted by Gasteiger charge is -2.34. The summed E-state index contributed by atoms with van der Waals surface area (Å²) in [5.74, 6) is -1.18. The average molecular weight is 249 g/mol. The Morgan fingerprint density at radius 3 is 3.11 bits per heavy atom. The third kappa shape index (κ3) is 3.04. The number of aliphatic carboxylic acids is 1. The van der Waals surface area contributed by atoms with Crippen LogP contribution < -0.4 is 5.32 Å². The van der Waals surface area contributed by atoms with Crippen molar-refractivity contribution in [2.45, 2.75) is 19.0 Å². The number of carbonyl (C=O) groups excluding carboxylic acids is 1. The molecule has 1 fully saturated rings. The van der Waals surface area contributed by atoms with E-state index >= 15 is 0 Å². The van der Waals surface area contributed by atoms with Crippen LogP contribution in [0.1, 0.15) is 12.0 Å². The highest BCUT2D eigenvalue weighted by atomic mass is 16.4. The van der Waals surface area contributed by atoms with Gasteiger partial charge in [0.05, 0.1) is 6.42 Å². The highest BCUT2D eigenvalue weighted by molar-refractivity contribution is 5.86. The van der Waals surface area contributed by atoms with Gasteiger partial charge in [-0.3, -0.25) is 19.5 Å². The number of aromatic nitrogens is 1. The van der Waals surface area contributed by atoms with Crippen molar-refractivity contribution in [2.75, 3.05) is 13.1 Å². The Morgan fingerprint density at radius 2 is 2.44 bits per heavy atom. The van der Waals surface area contributed by atoms with Crippen LogP contribution in [0.5, 0.6) is 0 Å². The van der Waals surface area contributed by atoms with E-state index in [-0.39, 0.29) is 12.3 Å². The molecule has 1 atom stereocenters. The lowest BCUT2D eigenvalue weighted by atomic mass is 10.1. The summed E-state index contributed by atoms with van der Waals surface area (Å²) >= 11 is 0. The van der Waals surface area contributed by atoms with Crippen LogP contribution in [0, 0.1) is 0 Å². The van der Waals surface area contributed by atoms with Gasteiger partial charge in [-0.15, -0.1) is 0 Å². The number of piperazine rings is 1. The Bertz CT molecular complexity index is 435. The second kappa shape index (κ2) is 5.59. The van der Waals surface area contributed by atoms with Gasteiger partial charge in [0.2, 0.25) is 5.91 Å². The number of rotatable bonds is 4. The van der Waals surface area contributed by atoms with Crippen molar-refractivity contribution in [3.05, 3.63) is 30.1 Å². The predicted octanol–water partition coefficient (Wildman–Crippen LogP) is -0.143. The van der Waals surface area contributed by atoms with Gasteiger partial charge < -0.3 is 10.4 Å². The molecule has 18 heavy (non-hydrogen) atoms. The molecule has 2 rings (SSSR count). The quantitative estimate of drug-likeness (QED) is 0.776. The molecule has 1 aliphatic rings. The third-order valence-electron chi connectivity index (χ3n) is 2.92. The summed E-state index contributed by atoms with van der Waals surface area (Å²) in [5, 5.41) is 11.5. The number of carbonyl (C=O) groups is 2. The summed E-state index contributed by atoms with van der Waals surface area (Å²) in [4.78, 5) is 28.4. The zero-order valence-corrected chi connectivity index (χ0v) is 9.87. The van der Waals surface area contributed by atoms with E-state index in [9.17, 15) is 9.59 Å². The molecule has 2 N–H and O–H groups in total. The molecule has 0 unspecified atom stereocenters. The number of carboxylic acid groups (broad SMARTS) is 1. The zero-order chi connectivity index (χ0) is 13.0. The van der Waals surface area contributed by atoms with Crippen molar-refractivity contribution in [2.24, 2.45) is 0 Å². The van der Waals surface area contributed by atoms with Crippen LogP contribution in [0.4, 0.5) is 0 Å². The van der Waals surface area contributed by atoms with Crippen molar-refractivity contribution in [1.82, 2.24) is 15.2 Å². The van der Waals surface area contributed by atoms with Crippen molar-refractivity contribution in [1.29, 1.82) is 0 Å². The molecule has 0 spiro atoms. The molecule has 6 nitrogen and oxygen atoms in total. The molecule has 0 aromatic carbocycles. The van der Waals surface area contributed by atoms with E-state index < -0.39 is 12.0 Å². The standard InChI is InChI=1S/C12H15N3O3/c16-11(17)6-10-12(18)14-4-5-15(10)8-9-2-1-3-13-7-9/h1-3,7,10H,4-6,8H2,(H,14,18)(H,16,17)/t10-/m0/s1. The number of nitrogens with one attached hydrogen (secondary N) is 1. The van der Waals surface area contributed by atoms with Crippen LogP contribution in [0.15, 0.2) is 24.5 Å². The van der Waals surface area contributed by atoms with E-state index in [4.69, 9.17) is 5.11 Å². The van der Waals surface area contributed by atoms with Crippen LogP contribution in [-0.2, 0) is 16.1 Å². The molecule has 0 radical (unpaired) electrons. The topological polar surface area (TPSA) is 82.5 Å². The van der Waals surface area contributed by atoms with Crippen LogP contribution in [0.3, 0.4) is 0 Å². The lowest BCUT2D eigenvalue weighted by molar-refractivity contribution is -0.143. The maximum atomic E-state index is 11.7. The molecule has 6 heteroatoms. The largest absolute Gasteiger partial charge is 0.481 e. The second-order valence-electron chi connectivity index (χ2n) is 4.24. The molecule has 1 amide bonds. The maximum Gasteiger partial charge on any atom is 0.305 e. The van der Waals surface area contributed by atoms with Crippen molar-refractivity contribution < 1.29 is 14.7 Å². The first kappa shape index (κ1) is 12.5. The number of hydrogen-bond donors (Lipinski definition) is 2. The zero-order valence-electron chi connectivity index (χ0n) is 9.87. The van der Waals surface area contributed by atoms with Crippen molar-refractivity contribution in [3.8, 4) is 0 Å². The fourth-order valence-electron chi connectivity index (χ4n) is 2.06. The van der Waals surface area contributed by atoms with E-state index in [1.54, 1.807) is 12.4 Å². The van der Waals surface area contributed by atoms with E-state index in [1.807, 2.05) is 17.0 Å². The highest BCUT2D eigenvalue weighted by Crippen LogP contribution is 2.13. The van der Waals surface area contributed by atoms with Crippen LogP contribution in [0.25, 0.3) is 0 Å². The number of amides is 1. The van der Waals surface area contributed by atoms with Crippen LogP contribution in [-0.4, -0.2) is 46.0 Å². The van der Waals surface area contributed by atoms with Gasteiger partial charge in [-0.2, -0.15) is 0 Å². The minimum atomic E-state index is -0.965. The number of carboxylic acids is 1. The molecule has 2 heterocycles. The molecule has 1 saturated heterocycles. The van der Waals surface area contributed by atoms with E-state index in [1.165, 1.54) is 0 Å². The van der Waals surface area contributed by atoms with Gasteiger partial charge >= 0.3 is 5.97 Å². The van der Waals surface area contributed by atoms with Gasteiger partial charge in [0, 0.05) is 32.0 Å². The maximum absolute atomic E-state index is 11.7. The van der Waals surface area contributed by atoms with E-state index in [0.29, 0.717) is 19.6 Å². The van der Waals surface area contributed by atoms with Gasteiger partial charge in [0.25, 0.3) is 0 Å². The molecule has 1 aromatic rings. The second-order valence-corrected chi connectivity index (χ2v) is 4.24. The van der Waals surface area contributed by atoms with E-state index in [0.717, 1.165) is 5.56 Å². The monoisotopic (exact) mass is 249 g/mol. The average Bonchev–Trinajstić information content (AvgIpc) is 2.34. The summed E-state index contributed by atoms with van der Waals surface area (Å²) in [6.07, 6.45) is 3.23. The molecule has 0 aliphatic carbocycles. The first-order valence-electron chi connectivity index (χ1n) is 5.79. The fourth-order valence-corrected chi connectivity index (χ4v) is 2.06. The minimum absolute atomic E-state index is 0.175. The highest BCUT2D eigenvalue weighted by Gasteiger charge is 2.31. The first-order chi connectivity index (χ1) is 8.66. The summed E-state index contributed by atoms with van der Waals surface area (Å²) in [6.45, 7) is 1.74. The molecule has 1 aliphatic heterocycles. The smallest absolute Gasteiger partial charge is 0.305 e. The predicted molar refractivity (Wildman–Crippen MR) is 63.7 cm³/mol. The van der Waals surface area contributed by atoms with Crippen LogP contribution >= 0.6 is 0 Å². The Kier molecular flexibility index (Phi) is 3.88. The molecule has 0 bridgehead atoms. The number of nitrogens with zero attached hydrogens (tertiary/aromatic N) is 2. The van der Waals surface area contributed by atoms with Gasteiger partial charge in [0.15, 0.2) is 0 Å². The molecular formula is C12H15N3O3. The van der Waals surface area contributed by atoms with Gasteiger partial charge in [-0.05, 0) is 11.6 Å². The van der Waals surface area contributed by atoms with Crippen molar-refractivity contribution in [3.63, 3.8) is 0 Å². The van der Waals surface area contributed by atoms with E-state index in [2.05, 4.69) is 10.3 Å². The summed E-state index contributed by atoms with van der Waals surface area (Å²) in [5.41, 5.74) is 0.975. The normalized spacial score (nSPS) is 20.4. The Morgan fingerprint density at radius 1 is 1.61 bits per heavy atom. The first-order valence-corrected chi connectivity index (χ1v) is 5.79. The number of pyridine rings is 1. The molecule has 0 saturated carbocycles. The Balaban J connectivity index is 2.08. The van der Waals surface area contributed by atoms with Gasteiger partial charge in [-0.25, -0.2) is 0 Å². The van der Waals surface area contributed by atoms with Gasteiger partial charge in [0.1, 0.15) is 6.04 Å². The third-order valence-corrected chi connectivity index (χ3v) is 2.92. The molecule has 1 aromatic heterocycles. The Hall–Kier alpha value is -1.95. The minimum Gasteiger partial charge on any atom is -0.481 e.